The van der Waals surface area contributed by atoms with Crippen molar-refractivity contribution in [2.45, 2.75) is 24.5 Å². The molecule has 1 aromatic carbocycles. The second kappa shape index (κ2) is 9.80. The predicted octanol–water partition coefficient (Wildman–Crippen LogP) is 3.57. The van der Waals surface area contributed by atoms with Gasteiger partial charge in [-0.05, 0) is 37.4 Å². The van der Waals surface area contributed by atoms with Gasteiger partial charge >= 0.3 is 0 Å². The van der Waals surface area contributed by atoms with Gasteiger partial charge in [0, 0.05) is 17.2 Å². The Balaban J connectivity index is 1.48. The molecule has 0 unspecified atom stereocenters. The van der Waals surface area contributed by atoms with E-state index in [1.165, 1.54) is 0 Å². The van der Waals surface area contributed by atoms with Crippen LogP contribution in [0, 0.1) is 0 Å². The van der Waals surface area contributed by atoms with E-state index < -0.39 is 0 Å². The van der Waals surface area contributed by atoms with E-state index in [0.717, 1.165) is 10.6 Å². The number of aromatic nitrogens is 2. The molecule has 7 nitrogen and oxygen atoms in total. The van der Waals surface area contributed by atoms with Crippen LogP contribution in [-0.2, 0) is 6.61 Å². The molecule has 0 aliphatic carbocycles. The first-order valence-corrected chi connectivity index (χ1v) is 9.94. The van der Waals surface area contributed by atoms with Gasteiger partial charge < -0.3 is 19.3 Å². The number of ether oxygens (including phenoxy) is 2. The number of carbonyl (C=O) groups is 1. The van der Waals surface area contributed by atoms with Gasteiger partial charge in [-0.2, -0.15) is 0 Å². The summed E-state index contributed by atoms with van der Waals surface area (Å²) in [5, 5.41) is 6.58. The number of hydrogen-bond acceptors (Lipinski definition) is 7. The maximum Gasteiger partial charge on any atom is 0.273 e. The van der Waals surface area contributed by atoms with Gasteiger partial charge in [0.05, 0.1) is 12.7 Å². The Morgan fingerprint density at radius 1 is 1.29 bits per heavy atom. The van der Waals surface area contributed by atoms with Crippen LogP contribution in [0.25, 0.3) is 0 Å². The second-order valence-corrected chi connectivity index (χ2v) is 6.79. The number of thioether (sulfide) groups is 1. The Morgan fingerprint density at radius 2 is 2.14 bits per heavy atom. The van der Waals surface area contributed by atoms with Gasteiger partial charge in [0.15, 0.2) is 11.5 Å². The number of amides is 1. The minimum atomic E-state index is -0.332. The Hall–Kier alpha value is -3.00. The second-order valence-electron chi connectivity index (χ2n) is 5.95. The van der Waals surface area contributed by atoms with Crippen LogP contribution in [0.3, 0.4) is 0 Å². The molecule has 2 heterocycles. The molecular formula is C20H21N3O4S. The van der Waals surface area contributed by atoms with Gasteiger partial charge in [0.25, 0.3) is 5.91 Å². The lowest BCUT2D eigenvalue weighted by Crippen LogP contribution is -2.33. The molecular weight excluding hydrogens is 378 g/mol. The molecule has 0 fully saturated rings. The third kappa shape index (κ3) is 5.50. The van der Waals surface area contributed by atoms with Crippen molar-refractivity contribution in [1.82, 2.24) is 15.5 Å². The number of pyridine rings is 1. The van der Waals surface area contributed by atoms with Crippen LogP contribution in [0.1, 0.15) is 23.2 Å². The van der Waals surface area contributed by atoms with Crippen molar-refractivity contribution in [2.24, 2.45) is 0 Å². The standard InChI is InChI=1S/C20H21N3O4S/c1-14(26-15-6-5-9-21-12-15)11-22-20(24)17-10-16(27-23-17)13-25-18-7-3-4-8-19(18)28-2/h3-10,12,14H,11,13H2,1-2H3,(H,22,24)/t14-/m1/s1. The third-order valence-electron chi connectivity index (χ3n) is 3.75. The van der Waals surface area contributed by atoms with E-state index in [0.29, 0.717) is 18.1 Å². The average Bonchev–Trinajstić information content (AvgIpc) is 3.20. The van der Waals surface area contributed by atoms with Crippen LogP contribution in [-0.4, -0.2) is 35.0 Å². The summed E-state index contributed by atoms with van der Waals surface area (Å²) in [4.78, 5) is 17.3. The zero-order chi connectivity index (χ0) is 19.8. The van der Waals surface area contributed by atoms with Crippen molar-refractivity contribution in [1.29, 1.82) is 0 Å². The van der Waals surface area contributed by atoms with E-state index in [1.807, 2.05) is 43.5 Å². The summed E-state index contributed by atoms with van der Waals surface area (Å²) in [7, 11) is 0. The molecule has 0 spiro atoms. The molecule has 8 heteroatoms. The first-order valence-electron chi connectivity index (χ1n) is 8.72. The summed E-state index contributed by atoms with van der Waals surface area (Å²) in [6.07, 6.45) is 5.06. The Kier molecular flexibility index (Phi) is 6.91. The quantitative estimate of drug-likeness (QED) is 0.551. The lowest BCUT2D eigenvalue weighted by Gasteiger charge is -2.14. The smallest absolute Gasteiger partial charge is 0.273 e. The van der Waals surface area contributed by atoms with E-state index in [-0.39, 0.29) is 24.3 Å². The SMILES string of the molecule is CSc1ccccc1OCc1cc(C(=O)NC[C@@H](C)Oc2cccnc2)no1. The Morgan fingerprint density at radius 3 is 2.93 bits per heavy atom. The molecule has 3 aromatic rings. The number of benzene rings is 1. The van der Waals surface area contributed by atoms with Crippen molar-refractivity contribution < 1.29 is 18.8 Å². The summed E-state index contributed by atoms with van der Waals surface area (Å²) in [5.74, 6) is 1.55. The maximum atomic E-state index is 12.2. The van der Waals surface area contributed by atoms with Crippen molar-refractivity contribution >= 4 is 17.7 Å². The molecule has 1 amide bonds. The van der Waals surface area contributed by atoms with Gasteiger partial charge in [-0.15, -0.1) is 11.8 Å². The van der Waals surface area contributed by atoms with Crippen molar-refractivity contribution in [3.05, 3.63) is 66.3 Å². The monoisotopic (exact) mass is 399 g/mol. The lowest BCUT2D eigenvalue weighted by atomic mass is 10.3. The maximum absolute atomic E-state index is 12.2. The van der Waals surface area contributed by atoms with Crippen molar-refractivity contribution in [3.63, 3.8) is 0 Å². The van der Waals surface area contributed by atoms with E-state index in [9.17, 15) is 4.79 Å². The average molecular weight is 399 g/mol. The number of nitrogens with one attached hydrogen (secondary N) is 1. The van der Waals surface area contributed by atoms with Gasteiger partial charge in [-0.25, -0.2) is 0 Å². The third-order valence-corrected chi connectivity index (χ3v) is 4.53. The first kappa shape index (κ1) is 19.8. The van der Waals surface area contributed by atoms with Gasteiger partial charge in [0.2, 0.25) is 0 Å². The van der Waals surface area contributed by atoms with Crippen LogP contribution < -0.4 is 14.8 Å². The van der Waals surface area contributed by atoms with Crippen LogP contribution in [0.4, 0.5) is 0 Å². The molecule has 28 heavy (non-hydrogen) atoms. The number of carbonyl (C=O) groups excluding carboxylic acids is 1. The molecule has 1 N–H and O–H groups in total. The summed E-state index contributed by atoms with van der Waals surface area (Å²) in [5.41, 5.74) is 0.199. The van der Waals surface area contributed by atoms with Gasteiger partial charge in [0.1, 0.15) is 24.2 Å². The molecule has 0 saturated heterocycles. The van der Waals surface area contributed by atoms with Crippen molar-refractivity contribution in [3.8, 4) is 11.5 Å². The normalized spacial score (nSPS) is 11.6. The highest BCUT2D eigenvalue weighted by Gasteiger charge is 2.15. The molecule has 0 aliphatic heterocycles. The van der Waals surface area contributed by atoms with E-state index >= 15 is 0 Å². The fourth-order valence-corrected chi connectivity index (χ4v) is 2.94. The Bertz CT molecular complexity index is 901. The highest BCUT2D eigenvalue weighted by Crippen LogP contribution is 2.27. The summed E-state index contributed by atoms with van der Waals surface area (Å²) >= 11 is 1.60. The van der Waals surface area contributed by atoms with Crippen LogP contribution in [0.15, 0.2) is 64.3 Å². The van der Waals surface area contributed by atoms with Gasteiger partial charge in [-0.3, -0.25) is 9.78 Å². The number of para-hydroxylation sites is 1. The van der Waals surface area contributed by atoms with Crippen LogP contribution in [0.5, 0.6) is 11.5 Å². The largest absolute Gasteiger partial charge is 0.487 e. The minimum absolute atomic E-state index is 0.193. The zero-order valence-electron chi connectivity index (χ0n) is 15.6. The molecule has 2 aromatic heterocycles. The first-order chi connectivity index (χ1) is 13.7. The summed E-state index contributed by atoms with van der Waals surface area (Å²) in [6, 6.07) is 12.9. The number of nitrogens with zero attached hydrogens (tertiary/aromatic N) is 2. The molecule has 0 radical (unpaired) electrons. The van der Waals surface area contributed by atoms with Gasteiger partial charge in [-0.1, -0.05) is 17.3 Å². The summed E-state index contributed by atoms with van der Waals surface area (Å²) in [6.45, 7) is 2.38. The topological polar surface area (TPSA) is 86.5 Å². The van der Waals surface area contributed by atoms with Crippen LogP contribution in [0.2, 0.25) is 0 Å². The Labute approximate surface area is 167 Å². The molecule has 0 saturated carbocycles. The molecule has 0 bridgehead atoms. The molecule has 0 aliphatic rings. The lowest BCUT2D eigenvalue weighted by molar-refractivity contribution is 0.0922. The predicted molar refractivity (Wildman–Crippen MR) is 106 cm³/mol. The molecule has 146 valence electrons. The van der Waals surface area contributed by atoms with Crippen LogP contribution >= 0.6 is 11.8 Å². The molecule has 1 atom stereocenters. The molecule has 3 rings (SSSR count). The highest BCUT2D eigenvalue weighted by atomic mass is 32.2. The summed E-state index contributed by atoms with van der Waals surface area (Å²) < 4.78 is 16.6. The fraction of sp³-hybridized carbons (Fsp3) is 0.250. The minimum Gasteiger partial charge on any atom is -0.487 e. The fourth-order valence-electron chi connectivity index (χ4n) is 2.39. The number of hydrogen-bond donors (Lipinski definition) is 1. The van der Waals surface area contributed by atoms with E-state index in [4.69, 9.17) is 14.0 Å². The van der Waals surface area contributed by atoms with E-state index in [2.05, 4.69) is 15.5 Å². The van der Waals surface area contributed by atoms with Crippen molar-refractivity contribution in [2.75, 3.05) is 12.8 Å². The number of rotatable bonds is 9. The van der Waals surface area contributed by atoms with E-state index in [1.54, 1.807) is 36.3 Å². The highest BCUT2D eigenvalue weighted by molar-refractivity contribution is 7.98. The zero-order valence-corrected chi connectivity index (χ0v) is 16.4.